The van der Waals surface area contributed by atoms with Crippen molar-refractivity contribution in [2.24, 2.45) is 5.73 Å². The van der Waals surface area contributed by atoms with Gasteiger partial charge in [-0.3, -0.25) is 9.89 Å². The summed E-state index contributed by atoms with van der Waals surface area (Å²) in [5.41, 5.74) is 12.7. The molecule has 3 aromatic heterocycles. The number of aromatic amines is 1. The lowest BCUT2D eigenvalue weighted by Gasteiger charge is -2.13. The van der Waals surface area contributed by atoms with Gasteiger partial charge >= 0.3 is 0 Å². The van der Waals surface area contributed by atoms with Crippen molar-refractivity contribution in [3.8, 4) is 22.4 Å². The van der Waals surface area contributed by atoms with Gasteiger partial charge in [0.1, 0.15) is 5.69 Å². The molecule has 3 heterocycles. The summed E-state index contributed by atoms with van der Waals surface area (Å²) in [7, 11) is 0. The van der Waals surface area contributed by atoms with Gasteiger partial charge in [0.15, 0.2) is 5.65 Å². The molecule has 6 heteroatoms. The van der Waals surface area contributed by atoms with Gasteiger partial charge in [-0.05, 0) is 59.7 Å². The molecular formula is C19H16N4OS. The molecule has 0 aliphatic carbocycles. The summed E-state index contributed by atoms with van der Waals surface area (Å²) in [6, 6.07) is 7.77. The third-order valence-electron chi connectivity index (χ3n) is 4.60. The number of carbonyl (C=O) groups is 1. The van der Waals surface area contributed by atoms with Crippen molar-refractivity contribution in [1.29, 1.82) is 0 Å². The second-order valence-electron chi connectivity index (χ2n) is 5.94. The van der Waals surface area contributed by atoms with Gasteiger partial charge in [-0.15, -0.1) is 0 Å². The summed E-state index contributed by atoms with van der Waals surface area (Å²) in [6.07, 6.45) is 1.77. The molecule has 1 amide bonds. The number of nitrogens with one attached hydrogen (secondary N) is 1. The molecule has 0 unspecified atom stereocenters. The Bertz CT molecular complexity index is 1100. The second-order valence-corrected chi connectivity index (χ2v) is 6.72. The first-order valence-corrected chi connectivity index (χ1v) is 8.78. The molecule has 4 aromatic rings. The lowest BCUT2D eigenvalue weighted by Crippen LogP contribution is -2.13. The predicted octanol–water partition coefficient (Wildman–Crippen LogP) is 4.07. The number of rotatable bonds is 3. The highest BCUT2D eigenvalue weighted by molar-refractivity contribution is 7.08. The van der Waals surface area contributed by atoms with Crippen molar-refractivity contribution in [3.63, 3.8) is 0 Å². The minimum Gasteiger partial charge on any atom is -0.366 e. The number of amides is 1. The van der Waals surface area contributed by atoms with Crippen LogP contribution in [0.5, 0.6) is 0 Å². The highest BCUT2D eigenvalue weighted by Gasteiger charge is 2.18. The highest BCUT2D eigenvalue weighted by Crippen LogP contribution is 2.37. The minimum atomic E-state index is -0.408. The molecular weight excluding hydrogens is 332 g/mol. The molecule has 5 nitrogen and oxygen atoms in total. The number of thiophene rings is 1. The van der Waals surface area contributed by atoms with Crippen LogP contribution in [0.3, 0.4) is 0 Å². The Labute approximate surface area is 148 Å². The van der Waals surface area contributed by atoms with Crippen molar-refractivity contribution in [3.05, 3.63) is 57.9 Å². The van der Waals surface area contributed by atoms with E-state index in [4.69, 9.17) is 5.73 Å². The van der Waals surface area contributed by atoms with Gasteiger partial charge in [-0.2, -0.15) is 16.4 Å². The molecule has 124 valence electrons. The quantitative estimate of drug-likeness (QED) is 0.585. The Balaban J connectivity index is 2.01. The first kappa shape index (κ1) is 15.5. The molecule has 0 saturated carbocycles. The molecule has 1 aromatic carbocycles. The molecule has 0 bridgehead atoms. The molecule has 0 aliphatic rings. The van der Waals surface area contributed by atoms with E-state index < -0.39 is 5.91 Å². The van der Waals surface area contributed by atoms with E-state index in [2.05, 4.69) is 20.6 Å². The largest absolute Gasteiger partial charge is 0.366 e. The van der Waals surface area contributed by atoms with Crippen molar-refractivity contribution in [1.82, 2.24) is 15.2 Å². The van der Waals surface area contributed by atoms with Crippen LogP contribution in [0.25, 0.3) is 33.4 Å². The number of pyridine rings is 1. The van der Waals surface area contributed by atoms with Crippen LogP contribution in [0, 0.1) is 13.8 Å². The highest BCUT2D eigenvalue weighted by atomic mass is 32.1. The predicted molar refractivity (Wildman–Crippen MR) is 101 cm³/mol. The van der Waals surface area contributed by atoms with Crippen LogP contribution in [0.2, 0.25) is 0 Å². The maximum absolute atomic E-state index is 11.6. The minimum absolute atomic E-state index is 0.408. The van der Waals surface area contributed by atoms with Crippen LogP contribution in [0.4, 0.5) is 0 Å². The first-order chi connectivity index (χ1) is 12.1. The third kappa shape index (κ3) is 2.42. The van der Waals surface area contributed by atoms with Gasteiger partial charge in [-0.25, -0.2) is 4.98 Å². The van der Waals surface area contributed by atoms with E-state index in [1.54, 1.807) is 23.6 Å². The van der Waals surface area contributed by atoms with Gasteiger partial charge in [0.25, 0.3) is 0 Å². The fraction of sp³-hybridized carbons (Fsp3) is 0.105. The molecule has 4 rings (SSSR count). The molecule has 0 saturated heterocycles. The SMILES string of the molecule is Cc1c(C(N)=O)ccc(-c2ccnc3[nH]nc(-c4ccsc4)c23)c1C. The zero-order valence-electron chi connectivity index (χ0n) is 13.8. The van der Waals surface area contributed by atoms with E-state index >= 15 is 0 Å². The number of aromatic nitrogens is 3. The number of hydrogen-bond donors (Lipinski definition) is 2. The zero-order valence-corrected chi connectivity index (χ0v) is 14.6. The molecule has 3 N–H and O–H groups in total. The van der Waals surface area contributed by atoms with Gasteiger partial charge in [0.05, 0.1) is 5.39 Å². The lowest BCUT2D eigenvalue weighted by molar-refractivity contribution is 0.0999. The van der Waals surface area contributed by atoms with Crippen LogP contribution in [0.15, 0.2) is 41.2 Å². The van der Waals surface area contributed by atoms with E-state index in [0.717, 1.165) is 44.5 Å². The topological polar surface area (TPSA) is 84.7 Å². The normalized spacial score (nSPS) is 11.1. The Morgan fingerprint density at radius 2 is 1.96 bits per heavy atom. The fourth-order valence-electron chi connectivity index (χ4n) is 3.16. The van der Waals surface area contributed by atoms with E-state index in [9.17, 15) is 4.79 Å². The molecule has 25 heavy (non-hydrogen) atoms. The Morgan fingerprint density at radius 3 is 2.68 bits per heavy atom. The number of H-pyrrole nitrogens is 1. The number of carbonyl (C=O) groups excluding carboxylic acids is 1. The van der Waals surface area contributed by atoms with E-state index in [0.29, 0.717) is 5.56 Å². The van der Waals surface area contributed by atoms with Crippen molar-refractivity contribution >= 4 is 28.3 Å². The van der Waals surface area contributed by atoms with E-state index in [1.165, 1.54) is 0 Å². The first-order valence-electron chi connectivity index (χ1n) is 7.84. The monoisotopic (exact) mass is 348 g/mol. The number of fused-ring (bicyclic) bond motifs is 1. The second kappa shape index (κ2) is 5.82. The average molecular weight is 348 g/mol. The maximum atomic E-state index is 11.6. The van der Waals surface area contributed by atoms with Crippen LogP contribution < -0.4 is 5.73 Å². The third-order valence-corrected chi connectivity index (χ3v) is 5.28. The van der Waals surface area contributed by atoms with Gasteiger partial charge in [-0.1, -0.05) is 6.07 Å². The molecule has 0 spiro atoms. The average Bonchev–Trinajstić information content (AvgIpc) is 3.25. The number of nitrogens with two attached hydrogens (primary N) is 1. The fourth-order valence-corrected chi connectivity index (χ4v) is 3.80. The number of hydrogen-bond acceptors (Lipinski definition) is 4. The van der Waals surface area contributed by atoms with Crippen LogP contribution in [-0.4, -0.2) is 21.1 Å². The van der Waals surface area contributed by atoms with Crippen molar-refractivity contribution < 1.29 is 4.79 Å². The Kier molecular flexibility index (Phi) is 3.62. The van der Waals surface area contributed by atoms with Crippen molar-refractivity contribution in [2.75, 3.05) is 0 Å². The smallest absolute Gasteiger partial charge is 0.248 e. The van der Waals surface area contributed by atoms with E-state index in [-0.39, 0.29) is 0 Å². The number of benzene rings is 1. The lowest BCUT2D eigenvalue weighted by atomic mass is 9.91. The van der Waals surface area contributed by atoms with Crippen molar-refractivity contribution in [2.45, 2.75) is 13.8 Å². The van der Waals surface area contributed by atoms with Gasteiger partial charge < -0.3 is 5.73 Å². The summed E-state index contributed by atoms with van der Waals surface area (Å²) in [6.45, 7) is 3.93. The summed E-state index contributed by atoms with van der Waals surface area (Å²) >= 11 is 1.63. The number of primary amides is 1. The summed E-state index contributed by atoms with van der Waals surface area (Å²) in [4.78, 5) is 16.0. The Morgan fingerprint density at radius 1 is 1.12 bits per heavy atom. The van der Waals surface area contributed by atoms with Gasteiger partial charge in [0, 0.05) is 22.7 Å². The maximum Gasteiger partial charge on any atom is 0.248 e. The molecule has 0 aliphatic heterocycles. The van der Waals surface area contributed by atoms with Crippen LogP contribution in [-0.2, 0) is 0 Å². The Hall–Kier alpha value is -2.99. The van der Waals surface area contributed by atoms with E-state index in [1.807, 2.05) is 37.4 Å². The summed E-state index contributed by atoms with van der Waals surface area (Å²) < 4.78 is 0. The van der Waals surface area contributed by atoms with Gasteiger partial charge in [0.2, 0.25) is 5.91 Å². The summed E-state index contributed by atoms with van der Waals surface area (Å²) in [5, 5.41) is 12.6. The summed E-state index contributed by atoms with van der Waals surface area (Å²) in [5.74, 6) is -0.408. The van der Waals surface area contributed by atoms with Crippen LogP contribution in [0.1, 0.15) is 21.5 Å². The van der Waals surface area contributed by atoms with Crippen LogP contribution >= 0.6 is 11.3 Å². The zero-order chi connectivity index (χ0) is 17.6. The standard InChI is InChI=1S/C19H16N4OS/c1-10-11(2)14(18(20)24)4-3-13(10)15-5-7-21-19-16(15)17(22-23-19)12-6-8-25-9-12/h3-9H,1-2H3,(H2,20,24)(H,21,22,23). The molecule has 0 fully saturated rings. The molecule has 0 radical (unpaired) electrons. The molecule has 0 atom stereocenters. The number of nitrogens with zero attached hydrogens (tertiary/aromatic N) is 2.